The number of aromatic nitrogens is 3. The molecule has 0 saturated heterocycles. The summed E-state index contributed by atoms with van der Waals surface area (Å²) in [6.45, 7) is 0. The Balaban J connectivity index is 1.49. The molecule has 172 valence electrons. The van der Waals surface area contributed by atoms with E-state index in [-0.39, 0.29) is 17.4 Å². The summed E-state index contributed by atoms with van der Waals surface area (Å²) >= 11 is 0. The van der Waals surface area contributed by atoms with Crippen LogP contribution in [0.4, 0.5) is 8.78 Å². The molecule has 6 heteroatoms. The quantitative estimate of drug-likeness (QED) is 0.247. The summed E-state index contributed by atoms with van der Waals surface area (Å²) in [6.07, 6.45) is 3.58. The van der Waals surface area contributed by atoms with Crippen LogP contribution in [0.3, 0.4) is 0 Å². The van der Waals surface area contributed by atoms with E-state index in [1.54, 1.807) is 48.7 Å². The Bertz CT molecular complexity index is 1490. The van der Waals surface area contributed by atoms with E-state index in [1.165, 1.54) is 24.3 Å². The molecular weight excluding hydrogens is 444 g/mol. The van der Waals surface area contributed by atoms with Gasteiger partial charge < -0.3 is 0 Å². The second-order valence-corrected chi connectivity index (χ2v) is 8.24. The third kappa shape index (κ3) is 5.11. The Morgan fingerprint density at radius 2 is 1.34 bits per heavy atom. The number of benzene rings is 3. The lowest BCUT2D eigenvalue weighted by Crippen LogP contribution is -2.02. The van der Waals surface area contributed by atoms with Crippen molar-refractivity contribution in [2.45, 2.75) is 19.3 Å². The summed E-state index contributed by atoms with van der Waals surface area (Å²) in [6, 6.07) is 23.0. The molecule has 0 N–H and O–H groups in total. The maximum atomic E-state index is 13.6. The molecule has 4 nitrogen and oxygen atoms in total. The Morgan fingerprint density at radius 3 is 1.94 bits per heavy atom. The molecule has 3 aromatic carbocycles. The second kappa shape index (κ2) is 9.89. The average molecular weight is 466 g/mol. The van der Waals surface area contributed by atoms with Gasteiger partial charge in [0.15, 0.2) is 5.78 Å². The first-order valence-electron chi connectivity index (χ1n) is 11.3. The van der Waals surface area contributed by atoms with Gasteiger partial charge in [-0.3, -0.25) is 9.78 Å². The molecule has 0 spiro atoms. The van der Waals surface area contributed by atoms with E-state index < -0.39 is 0 Å². The molecule has 0 aliphatic rings. The molecule has 0 radical (unpaired) electrons. The number of ketones is 1. The smallest absolute Gasteiger partial charge is 0.162 e. The van der Waals surface area contributed by atoms with Crippen LogP contribution >= 0.6 is 0 Å². The summed E-state index contributed by atoms with van der Waals surface area (Å²) < 4.78 is 27.1. The first-order valence-corrected chi connectivity index (χ1v) is 11.3. The molecule has 0 aliphatic heterocycles. The number of Topliss-reactive ketones (excluding diaryl/α,β-unsaturated/α-hetero) is 1. The number of halogens is 2. The lowest BCUT2D eigenvalue weighted by molar-refractivity contribution is 0.0980. The fraction of sp³-hybridized carbons (Fsp3) is 0.103. The van der Waals surface area contributed by atoms with Gasteiger partial charge in [-0.05, 0) is 91.7 Å². The van der Waals surface area contributed by atoms with E-state index in [0.29, 0.717) is 52.0 Å². The molecule has 35 heavy (non-hydrogen) atoms. The number of fused-ring (bicyclic) bond motifs is 1. The number of rotatable bonds is 7. The van der Waals surface area contributed by atoms with Crippen molar-refractivity contribution in [1.29, 1.82) is 0 Å². The minimum absolute atomic E-state index is 0.0237. The van der Waals surface area contributed by atoms with Crippen LogP contribution in [0.15, 0.2) is 91.1 Å². The highest BCUT2D eigenvalue weighted by Gasteiger charge is 2.15. The van der Waals surface area contributed by atoms with Gasteiger partial charge in [-0.25, -0.2) is 18.7 Å². The SMILES string of the molecule is O=C(CCCc1ccccn1)c1ccc2nc(-c3ccc(F)cc3)c(-c3ccc(F)cc3)nc2c1. The van der Waals surface area contributed by atoms with Crippen molar-refractivity contribution in [1.82, 2.24) is 15.0 Å². The maximum Gasteiger partial charge on any atom is 0.162 e. The van der Waals surface area contributed by atoms with E-state index in [2.05, 4.69) is 4.98 Å². The van der Waals surface area contributed by atoms with Crippen molar-refractivity contribution in [3.8, 4) is 22.5 Å². The molecular formula is C29H21F2N3O. The van der Waals surface area contributed by atoms with Crippen LogP contribution in [0.1, 0.15) is 28.9 Å². The normalized spacial score (nSPS) is 11.0. The summed E-state index contributed by atoms with van der Waals surface area (Å²) in [5.74, 6) is -0.683. The van der Waals surface area contributed by atoms with E-state index in [4.69, 9.17) is 9.97 Å². The molecule has 5 rings (SSSR count). The molecule has 2 aromatic heterocycles. The number of pyridine rings is 1. The molecule has 0 unspecified atom stereocenters. The van der Waals surface area contributed by atoms with Gasteiger partial charge in [0, 0.05) is 35.0 Å². The van der Waals surface area contributed by atoms with E-state index in [9.17, 15) is 13.6 Å². The highest BCUT2D eigenvalue weighted by Crippen LogP contribution is 2.31. The van der Waals surface area contributed by atoms with Crippen LogP contribution in [0.25, 0.3) is 33.5 Å². The lowest BCUT2D eigenvalue weighted by atomic mass is 10.0. The van der Waals surface area contributed by atoms with Crippen LogP contribution < -0.4 is 0 Å². The predicted molar refractivity (Wildman–Crippen MR) is 132 cm³/mol. The third-order valence-corrected chi connectivity index (χ3v) is 5.78. The monoisotopic (exact) mass is 465 g/mol. The minimum atomic E-state index is -0.357. The second-order valence-electron chi connectivity index (χ2n) is 8.24. The number of carbonyl (C=O) groups is 1. The van der Waals surface area contributed by atoms with E-state index in [1.807, 2.05) is 18.2 Å². The molecule has 0 fully saturated rings. The van der Waals surface area contributed by atoms with Crippen molar-refractivity contribution in [2.75, 3.05) is 0 Å². The van der Waals surface area contributed by atoms with Crippen LogP contribution in [0, 0.1) is 11.6 Å². The standard InChI is InChI=1S/C29H21F2N3O/c30-22-12-7-19(8-13-22)28-29(20-9-14-23(31)15-10-20)34-26-18-21(11-16-25(26)33-28)27(35)6-3-5-24-4-1-2-17-32-24/h1-2,4,7-18H,3,5-6H2. The van der Waals surface area contributed by atoms with Gasteiger partial charge in [-0.15, -0.1) is 0 Å². The van der Waals surface area contributed by atoms with Gasteiger partial charge in [0.05, 0.1) is 22.4 Å². The minimum Gasteiger partial charge on any atom is -0.294 e. The fourth-order valence-corrected chi connectivity index (χ4v) is 3.97. The third-order valence-electron chi connectivity index (χ3n) is 5.78. The highest BCUT2D eigenvalue weighted by molar-refractivity contribution is 5.99. The van der Waals surface area contributed by atoms with Crippen molar-refractivity contribution >= 4 is 16.8 Å². The van der Waals surface area contributed by atoms with Gasteiger partial charge in [-0.2, -0.15) is 0 Å². The largest absolute Gasteiger partial charge is 0.294 e. The molecule has 0 amide bonds. The molecule has 0 aliphatic carbocycles. The first-order chi connectivity index (χ1) is 17.1. The molecule has 5 aromatic rings. The Kier molecular flexibility index (Phi) is 6.35. The summed E-state index contributed by atoms with van der Waals surface area (Å²) in [7, 11) is 0. The van der Waals surface area contributed by atoms with Gasteiger partial charge in [0.2, 0.25) is 0 Å². The van der Waals surface area contributed by atoms with Crippen molar-refractivity contribution in [3.63, 3.8) is 0 Å². The maximum absolute atomic E-state index is 13.6. The zero-order valence-corrected chi connectivity index (χ0v) is 18.8. The Morgan fingerprint density at radius 1 is 0.714 bits per heavy atom. The van der Waals surface area contributed by atoms with Crippen LogP contribution in [-0.4, -0.2) is 20.7 Å². The Labute approximate surface area is 201 Å². The van der Waals surface area contributed by atoms with Crippen LogP contribution in [-0.2, 0) is 6.42 Å². The number of nitrogens with zero attached hydrogens (tertiary/aromatic N) is 3. The van der Waals surface area contributed by atoms with Crippen molar-refractivity contribution < 1.29 is 13.6 Å². The predicted octanol–water partition coefficient (Wildman–Crippen LogP) is 6.84. The Hall–Kier alpha value is -4.32. The summed E-state index contributed by atoms with van der Waals surface area (Å²) in [4.78, 5) is 26.7. The fourth-order valence-electron chi connectivity index (χ4n) is 3.97. The molecule has 0 atom stereocenters. The summed E-state index contributed by atoms with van der Waals surface area (Å²) in [5, 5.41) is 0. The zero-order valence-electron chi connectivity index (χ0n) is 18.8. The highest BCUT2D eigenvalue weighted by atomic mass is 19.1. The zero-order chi connectivity index (χ0) is 24.2. The summed E-state index contributed by atoms with van der Waals surface area (Å²) in [5.41, 5.74) is 5.14. The number of hydrogen-bond donors (Lipinski definition) is 0. The van der Waals surface area contributed by atoms with Crippen LogP contribution in [0.5, 0.6) is 0 Å². The topological polar surface area (TPSA) is 55.7 Å². The number of hydrogen-bond acceptors (Lipinski definition) is 4. The van der Waals surface area contributed by atoms with Gasteiger partial charge in [-0.1, -0.05) is 6.07 Å². The van der Waals surface area contributed by atoms with Crippen molar-refractivity contribution in [2.24, 2.45) is 0 Å². The van der Waals surface area contributed by atoms with Crippen molar-refractivity contribution in [3.05, 3.63) is 114 Å². The average Bonchev–Trinajstić information content (AvgIpc) is 2.89. The van der Waals surface area contributed by atoms with Gasteiger partial charge in [0.1, 0.15) is 11.6 Å². The lowest BCUT2D eigenvalue weighted by Gasteiger charge is -2.11. The van der Waals surface area contributed by atoms with Gasteiger partial charge >= 0.3 is 0 Å². The molecule has 0 saturated carbocycles. The van der Waals surface area contributed by atoms with E-state index >= 15 is 0 Å². The first kappa shape index (κ1) is 22.5. The molecule has 0 bridgehead atoms. The van der Waals surface area contributed by atoms with Crippen LogP contribution in [0.2, 0.25) is 0 Å². The number of aryl methyl sites for hydroxylation is 1. The number of carbonyl (C=O) groups excluding carboxylic acids is 1. The molecule has 2 heterocycles. The van der Waals surface area contributed by atoms with Gasteiger partial charge in [0.25, 0.3) is 0 Å². The van der Waals surface area contributed by atoms with E-state index in [0.717, 1.165) is 12.1 Å².